The number of fused-ring (bicyclic) bond motifs is 1. The summed E-state index contributed by atoms with van der Waals surface area (Å²) in [5, 5.41) is 20.9. The molecule has 0 radical (unpaired) electrons. The predicted molar refractivity (Wildman–Crippen MR) is 253 cm³/mol. The lowest BCUT2D eigenvalue weighted by atomic mass is 10.0. The van der Waals surface area contributed by atoms with Crippen molar-refractivity contribution in [1.29, 1.82) is 0 Å². The number of benzene rings is 3. The van der Waals surface area contributed by atoms with Crippen LogP contribution in [0.25, 0.3) is 0 Å². The van der Waals surface area contributed by atoms with Crippen molar-refractivity contribution in [2.45, 2.75) is 50.7 Å². The quantitative estimate of drug-likeness (QED) is 0.0424. The van der Waals surface area contributed by atoms with Crippen molar-refractivity contribution in [3.8, 4) is 0 Å². The number of H-pyrrole nitrogens is 1. The van der Waals surface area contributed by atoms with Gasteiger partial charge < -0.3 is 40.2 Å². The van der Waals surface area contributed by atoms with Crippen LogP contribution < -0.4 is 26.6 Å². The maximum absolute atomic E-state index is 13.2. The molecule has 366 valence electrons. The summed E-state index contributed by atoms with van der Waals surface area (Å²) in [7, 11) is 0. The summed E-state index contributed by atoms with van der Waals surface area (Å²) in [5.41, 5.74) is 3.01. The van der Waals surface area contributed by atoms with Gasteiger partial charge in [-0.1, -0.05) is 47.5 Å². The molecule has 6 N–H and O–H groups in total. The van der Waals surface area contributed by atoms with E-state index in [2.05, 4.69) is 41.7 Å². The molecule has 0 bridgehead atoms. The van der Waals surface area contributed by atoms with Crippen LogP contribution in [0.2, 0.25) is 10.0 Å². The molecule has 20 nitrogen and oxygen atoms in total. The van der Waals surface area contributed by atoms with Crippen LogP contribution >= 0.6 is 23.2 Å². The average Bonchev–Trinajstić information content (AvgIpc) is 3.89. The second kappa shape index (κ2) is 24.9. The van der Waals surface area contributed by atoms with E-state index >= 15 is 0 Å². The van der Waals surface area contributed by atoms with E-state index in [0.29, 0.717) is 70.7 Å². The summed E-state index contributed by atoms with van der Waals surface area (Å²) in [5.74, 6) is -3.35. The monoisotopic (exact) mass is 989 g/mol. The molecule has 7 amide bonds. The number of amides is 7. The molecule has 69 heavy (non-hydrogen) atoms. The van der Waals surface area contributed by atoms with Crippen LogP contribution in [0.15, 0.2) is 66.9 Å². The fraction of sp³-hybridized carbons (Fsp3) is 0.404. The Morgan fingerprint density at radius 1 is 0.739 bits per heavy atom. The summed E-state index contributed by atoms with van der Waals surface area (Å²) >= 11 is 12.3. The maximum Gasteiger partial charge on any atom is 0.271 e. The Kier molecular flexibility index (Phi) is 18.2. The number of hydrogen-bond acceptors (Lipinski definition) is 14. The second-order valence-electron chi connectivity index (χ2n) is 16.3. The zero-order valence-electron chi connectivity index (χ0n) is 37.6. The topological polar surface area (TPSA) is 252 Å². The van der Waals surface area contributed by atoms with Crippen molar-refractivity contribution < 1.29 is 52.5 Å². The van der Waals surface area contributed by atoms with E-state index in [0.717, 1.165) is 36.4 Å². The first kappa shape index (κ1) is 50.6. The van der Waals surface area contributed by atoms with Gasteiger partial charge in [-0.3, -0.25) is 53.8 Å². The number of carbonyl (C=O) groups is 7. The van der Waals surface area contributed by atoms with E-state index in [1.807, 2.05) is 24.3 Å². The molecule has 1 atom stereocenters. The highest BCUT2D eigenvalue weighted by Gasteiger charge is 2.45. The molecule has 4 aromatic rings. The van der Waals surface area contributed by atoms with E-state index in [-0.39, 0.29) is 81.8 Å². The van der Waals surface area contributed by atoms with Gasteiger partial charge in [0.25, 0.3) is 23.6 Å². The SMILES string of the molecule is O=C1CCC(N2C(=O)c3cccc(NCCOCCOCCOCCOCCC(=O)Nc4cccc(CN5CCC(NC(=O)c6[nH]ncc6NC(=O)c6c(Cl)cccc6Cl)CC5)c4)c3C2=O)C(=O)N1. The number of ether oxygens (including phenoxy) is 4. The van der Waals surface area contributed by atoms with E-state index in [1.165, 1.54) is 12.3 Å². The van der Waals surface area contributed by atoms with Gasteiger partial charge in [0.15, 0.2) is 0 Å². The highest BCUT2D eigenvalue weighted by Crippen LogP contribution is 2.32. The van der Waals surface area contributed by atoms with Crippen molar-refractivity contribution >= 4 is 81.6 Å². The first-order valence-electron chi connectivity index (χ1n) is 22.6. The number of piperidine rings is 2. The second-order valence-corrected chi connectivity index (χ2v) is 17.1. The third kappa shape index (κ3) is 13.7. The third-order valence-corrected chi connectivity index (χ3v) is 12.1. The van der Waals surface area contributed by atoms with Gasteiger partial charge in [0.1, 0.15) is 11.7 Å². The van der Waals surface area contributed by atoms with Gasteiger partial charge in [-0.2, -0.15) is 5.10 Å². The highest BCUT2D eigenvalue weighted by atomic mass is 35.5. The van der Waals surface area contributed by atoms with E-state index in [4.69, 9.17) is 42.1 Å². The molecule has 2 saturated heterocycles. The molecule has 0 saturated carbocycles. The largest absolute Gasteiger partial charge is 0.382 e. The van der Waals surface area contributed by atoms with Crippen molar-refractivity contribution in [2.75, 3.05) is 88.4 Å². The molecule has 3 aliphatic rings. The normalized spacial score (nSPS) is 16.3. The van der Waals surface area contributed by atoms with Crippen LogP contribution in [-0.2, 0) is 39.9 Å². The molecule has 3 aliphatic heterocycles. The number of likely N-dealkylation sites (tertiary alicyclic amines) is 1. The van der Waals surface area contributed by atoms with Crippen molar-refractivity contribution in [2.24, 2.45) is 0 Å². The Labute approximate surface area is 407 Å². The number of carbonyl (C=O) groups excluding carboxylic acids is 7. The van der Waals surface area contributed by atoms with E-state index in [9.17, 15) is 33.6 Å². The van der Waals surface area contributed by atoms with Gasteiger partial charge in [-0.05, 0) is 61.2 Å². The predicted octanol–water partition coefficient (Wildman–Crippen LogP) is 4.27. The van der Waals surface area contributed by atoms with Gasteiger partial charge in [0.05, 0.1) is 97.9 Å². The van der Waals surface area contributed by atoms with Gasteiger partial charge in [0, 0.05) is 50.0 Å². The summed E-state index contributed by atoms with van der Waals surface area (Å²) in [4.78, 5) is 92.0. The van der Waals surface area contributed by atoms with Crippen LogP contribution in [0.5, 0.6) is 0 Å². The summed E-state index contributed by atoms with van der Waals surface area (Å²) in [6.45, 7) is 5.12. The number of halogens is 2. The van der Waals surface area contributed by atoms with Crippen molar-refractivity contribution in [3.05, 3.63) is 105 Å². The van der Waals surface area contributed by atoms with Crippen LogP contribution in [0.4, 0.5) is 17.1 Å². The standard InChI is InChI=1S/C47H53Cl2N9O11/c48-33-7-3-8-34(49)41(33)44(62)54-36-27-51-56-42(36)45(63)53-30-12-16-57(17-13-30)28-29-4-1-5-31(26-29)52-39(60)14-18-66-20-22-68-24-25-69-23-21-67-19-15-50-35-9-2-6-32-40(35)47(65)58(46(32)64)37-10-11-38(59)55-43(37)61/h1-9,26-27,30,37,50H,10-25,28H2,(H,51,56)(H,52,60)(H,53,63)(H,54,62)(H,55,59,61). The van der Waals surface area contributed by atoms with Gasteiger partial charge in [0.2, 0.25) is 17.7 Å². The van der Waals surface area contributed by atoms with Crippen LogP contribution in [-0.4, -0.2) is 146 Å². The van der Waals surface area contributed by atoms with E-state index < -0.39 is 35.6 Å². The summed E-state index contributed by atoms with van der Waals surface area (Å²) in [6.07, 6.45) is 3.11. The number of aromatic nitrogens is 2. The van der Waals surface area contributed by atoms with Crippen LogP contribution in [0, 0.1) is 0 Å². The number of hydrogen-bond donors (Lipinski definition) is 6. The first-order chi connectivity index (χ1) is 33.5. The fourth-order valence-corrected chi connectivity index (χ4v) is 8.59. The summed E-state index contributed by atoms with van der Waals surface area (Å²) < 4.78 is 22.3. The molecule has 0 spiro atoms. The first-order valence-corrected chi connectivity index (χ1v) is 23.3. The zero-order chi connectivity index (χ0) is 48.7. The highest BCUT2D eigenvalue weighted by molar-refractivity contribution is 6.40. The average molecular weight is 991 g/mol. The summed E-state index contributed by atoms with van der Waals surface area (Å²) in [6, 6.07) is 16.2. The number of nitrogens with one attached hydrogen (secondary N) is 6. The molecule has 4 heterocycles. The molecule has 1 unspecified atom stereocenters. The Balaban J connectivity index is 0.687. The smallest absolute Gasteiger partial charge is 0.271 e. The molecular weight excluding hydrogens is 937 g/mol. The van der Waals surface area contributed by atoms with Gasteiger partial charge >= 0.3 is 0 Å². The molecule has 22 heteroatoms. The van der Waals surface area contributed by atoms with Crippen LogP contribution in [0.1, 0.15) is 79.2 Å². The lowest BCUT2D eigenvalue weighted by Gasteiger charge is -2.32. The Hall–Kier alpha value is -6.26. The van der Waals surface area contributed by atoms with Gasteiger partial charge in [-0.25, -0.2) is 0 Å². The van der Waals surface area contributed by atoms with Crippen molar-refractivity contribution in [3.63, 3.8) is 0 Å². The minimum absolute atomic E-state index is 0.0492. The van der Waals surface area contributed by atoms with E-state index in [1.54, 1.807) is 30.3 Å². The third-order valence-electron chi connectivity index (χ3n) is 11.5. The molecule has 3 aromatic carbocycles. The number of imide groups is 2. The Bertz CT molecular complexity index is 2500. The van der Waals surface area contributed by atoms with Crippen LogP contribution in [0.3, 0.4) is 0 Å². The Morgan fingerprint density at radius 3 is 2.12 bits per heavy atom. The molecule has 7 rings (SSSR count). The minimum atomic E-state index is -1.03. The van der Waals surface area contributed by atoms with Gasteiger partial charge in [-0.15, -0.1) is 0 Å². The molecule has 2 fully saturated rings. The fourth-order valence-electron chi connectivity index (χ4n) is 8.02. The number of rotatable bonds is 24. The number of anilines is 3. The Morgan fingerprint density at radius 2 is 1.41 bits per heavy atom. The minimum Gasteiger partial charge on any atom is -0.382 e. The zero-order valence-corrected chi connectivity index (χ0v) is 39.1. The molecule has 0 aliphatic carbocycles. The number of nitrogens with zero attached hydrogens (tertiary/aromatic N) is 3. The lowest BCUT2D eigenvalue weighted by Crippen LogP contribution is -2.54. The van der Waals surface area contributed by atoms with Crippen molar-refractivity contribution in [1.82, 2.24) is 30.6 Å². The number of aromatic amines is 1. The molecular formula is C47H53Cl2N9O11. The lowest BCUT2D eigenvalue weighted by molar-refractivity contribution is -0.136. The maximum atomic E-state index is 13.2. The molecule has 1 aromatic heterocycles.